The normalized spacial score (nSPS) is 9.86. The number of hydrogen-bond acceptors (Lipinski definition) is 3. The van der Waals surface area contributed by atoms with Crippen LogP contribution in [-0.4, -0.2) is 19.6 Å². The fourth-order valence-corrected chi connectivity index (χ4v) is 1.14. The Morgan fingerprint density at radius 3 is 2.57 bits per heavy atom. The van der Waals surface area contributed by atoms with E-state index in [4.69, 9.17) is 5.73 Å². The van der Waals surface area contributed by atoms with Crippen molar-refractivity contribution in [2.24, 2.45) is 5.73 Å². The van der Waals surface area contributed by atoms with Crippen LogP contribution in [0, 0.1) is 6.42 Å². The highest BCUT2D eigenvalue weighted by molar-refractivity contribution is 5.89. The van der Waals surface area contributed by atoms with Gasteiger partial charge in [-0.15, -0.1) is 0 Å². The molecule has 1 aromatic carbocycles. The summed E-state index contributed by atoms with van der Waals surface area (Å²) in [5, 5.41) is 0. The molecule has 1 radical (unpaired) electrons. The summed E-state index contributed by atoms with van der Waals surface area (Å²) in [4.78, 5) is 11.1. The Labute approximate surface area is 83.9 Å². The number of benzene rings is 1. The molecule has 0 unspecified atom stereocenters. The van der Waals surface area contributed by atoms with Gasteiger partial charge in [0.15, 0.2) is 0 Å². The van der Waals surface area contributed by atoms with E-state index in [0.29, 0.717) is 12.1 Å². The van der Waals surface area contributed by atoms with Crippen LogP contribution in [0.25, 0.3) is 0 Å². The third-order valence-corrected chi connectivity index (χ3v) is 1.92. The lowest BCUT2D eigenvalue weighted by molar-refractivity contribution is 0.0601. The Morgan fingerprint density at radius 2 is 2.07 bits per heavy atom. The van der Waals surface area contributed by atoms with Crippen molar-refractivity contribution in [1.29, 1.82) is 0 Å². The third-order valence-electron chi connectivity index (χ3n) is 1.92. The van der Waals surface area contributed by atoms with Crippen LogP contribution < -0.4 is 5.73 Å². The monoisotopic (exact) mass is 192 g/mol. The molecule has 1 rings (SSSR count). The second-order valence-corrected chi connectivity index (χ2v) is 2.92. The molecule has 0 aromatic heterocycles. The highest BCUT2D eigenvalue weighted by Gasteiger charge is 2.03. The maximum absolute atomic E-state index is 11.1. The lowest BCUT2D eigenvalue weighted by Crippen LogP contribution is -2.03. The van der Waals surface area contributed by atoms with Gasteiger partial charge in [-0.2, -0.15) is 0 Å². The van der Waals surface area contributed by atoms with E-state index in [9.17, 15) is 4.79 Å². The van der Waals surface area contributed by atoms with Crippen LogP contribution in [0.5, 0.6) is 0 Å². The van der Waals surface area contributed by atoms with Crippen LogP contribution >= 0.6 is 0 Å². The van der Waals surface area contributed by atoms with Crippen LogP contribution in [0.15, 0.2) is 24.3 Å². The molecule has 0 saturated carbocycles. The molecule has 0 fully saturated rings. The minimum Gasteiger partial charge on any atom is -0.465 e. The minimum atomic E-state index is -0.306. The SMILES string of the molecule is COC(=O)c1ccc(C[CH]CN)cc1. The quantitative estimate of drug-likeness (QED) is 0.729. The van der Waals surface area contributed by atoms with Crippen molar-refractivity contribution in [2.45, 2.75) is 6.42 Å². The molecular formula is C11H14NO2. The van der Waals surface area contributed by atoms with Gasteiger partial charge in [0, 0.05) is 0 Å². The molecule has 0 spiro atoms. The first-order valence-corrected chi connectivity index (χ1v) is 4.47. The molecule has 0 saturated heterocycles. The molecule has 0 amide bonds. The molecule has 1 aromatic rings. The van der Waals surface area contributed by atoms with Crippen LogP contribution in [0.2, 0.25) is 0 Å². The highest BCUT2D eigenvalue weighted by Crippen LogP contribution is 2.06. The second-order valence-electron chi connectivity index (χ2n) is 2.92. The summed E-state index contributed by atoms with van der Waals surface area (Å²) in [6, 6.07) is 7.31. The Balaban J connectivity index is 2.63. The Bertz CT molecular complexity index is 293. The maximum atomic E-state index is 11.1. The zero-order chi connectivity index (χ0) is 10.4. The number of carbonyl (C=O) groups excluding carboxylic acids is 1. The van der Waals surface area contributed by atoms with Crippen molar-refractivity contribution in [3.63, 3.8) is 0 Å². The molecule has 0 aliphatic carbocycles. The Hall–Kier alpha value is -1.35. The van der Waals surface area contributed by atoms with E-state index in [-0.39, 0.29) is 5.97 Å². The summed E-state index contributed by atoms with van der Waals surface area (Å²) >= 11 is 0. The van der Waals surface area contributed by atoms with Crippen LogP contribution in [-0.2, 0) is 11.2 Å². The fourth-order valence-electron chi connectivity index (χ4n) is 1.14. The first kappa shape index (κ1) is 10.7. The van der Waals surface area contributed by atoms with Gasteiger partial charge in [0.05, 0.1) is 12.7 Å². The van der Waals surface area contributed by atoms with E-state index in [1.807, 2.05) is 18.6 Å². The number of nitrogens with two attached hydrogens (primary N) is 1. The zero-order valence-corrected chi connectivity index (χ0v) is 8.19. The van der Waals surface area contributed by atoms with Crippen molar-refractivity contribution < 1.29 is 9.53 Å². The summed E-state index contributed by atoms with van der Waals surface area (Å²) in [5.41, 5.74) is 7.06. The van der Waals surface area contributed by atoms with E-state index in [0.717, 1.165) is 12.0 Å². The van der Waals surface area contributed by atoms with Crippen molar-refractivity contribution in [3.05, 3.63) is 41.8 Å². The Kier molecular flexibility index (Phi) is 4.13. The van der Waals surface area contributed by atoms with Crippen molar-refractivity contribution in [2.75, 3.05) is 13.7 Å². The highest BCUT2D eigenvalue weighted by atomic mass is 16.5. The number of carbonyl (C=O) groups is 1. The van der Waals surface area contributed by atoms with Gasteiger partial charge in [0.1, 0.15) is 0 Å². The van der Waals surface area contributed by atoms with Gasteiger partial charge in [-0.25, -0.2) is 4.79 Å². The lowest BCUT2D eigenvalue weighted by atomic mass is 10.1. The van der Waals surface area contributed by atoms with Crippen LogP contribution in [0.4, 0.5) is 0 Å². The predicted molar refractivity (Wildman–Crippen MR) is 54.8 cm³/mol. The molecule has 0 aliphatic rings. The number of ether oxygens (including phenoxy) is 1. The minimum absolute atomic E-state index is 0.306. The number of methoxy groups -OCH3 is 1. The number of hydrogen-bond donors (Lipinski definition) is 1. The van der Waals surface area contributed by atoms with Gasteiger partial charge in [-0.05, 0) is 37.1 Å². The predicted octanol–water partition coefficient (Wildman–Crippen LogP) is 1.18. The van der Waals surface area contributed by atoms with Crippen LogP contribution in [0.3, 0.4) is 0 Å². The average Bonchev–Trinajstić information content (AvgIpc) is 2.26. The molecule has 0 heterocycles. The van der Waals surface area contributed by atoms with E-state index >= 15 is 0 Å². The van der Waals surface area contributed by atoms with Gasteiger partial charge in [-0.3, -0.25) is 0 Å². The van der Waals surface area contributed by atoms with Crippen molar-refractivity contribution in [3.8, 4) is 0 Å². The van der Waals surface area contributed by atoms with Crippen molar-refractivity contribution >= 4 is 5.97 Å². The van der Waals surface area contributed by atoms with Crippen LogP contribution in [0.1, 0.15) is 15.9 Å². The molecule has 3 nitrogen and oxygen atoms in total. The summed E-state index contributed by atoms with van der Waals surface area (Å²) in [5.74, 6) is -0.306. The number of esters is 1. The topological polar surface area (TPSA) is 52.3 Å². The molecular weight excluding hydrogens is 178 g/mol. The first-order chi connectivity index (χ1) is 6.77. The Morgan fingerprint density at radius 1 is 1.43 bits per heavy atom. The largest absolute Gasteiger partial charge is 0.465 e. The second kappa shape index (κ2) is 5.40. The lowest BCUT2D eigenvalue weighted by Gasteiger charge is -2.01. The summed E-state index contributed by atoms with van der Waals surface area (Å²) in [6.45, 7) is 0.568. The first-order valence-electron chi connectivity index (χ1n) is 4.47. The average molecular weight is 192 g/mol. The van der Waals surface area contributed by atoms with Gasteiger partial charge in [0.2, 0.25) is 0 Å². The molecule has 0 bridgehead atoms. The summed E-state index contributed by atoms with van der Waals surface area (Å²) in [7, 11) is 1.37. The van der Waals surface area contributed by atoms with E-state index in [1.165, 1.54) is 7.11 Å². The van der Waals surface area contributed by atoms with E-state index in [1.54, 1.807) is 12.1 Å². The summed E-state index contributed by atoms with van der Waals surface area (Å²) in [6.07, 6.45) is 2.81. The molecule has 0 aliphatic heterocycles. The fraction of sp³-hybridized carbons (Fsp3) is 0.273. The smallest absolute Gasteiger partial charge is 0.337 e. The zero-order valence-electron chi connectivity index (χ0n) is 8.19. The van der Waals surface area contributed by atoms with Gasteiger partial charge >= 0.3 is 5.97 Å². The third kappa shape index (κ3) is 2.85. The van der Waals surface area contributed by atoms with Crippen molar-refractivity contribution in [1.82, 2.24) is 0 Å². The van der Waals surface area contributed by atoms with Gasteiger partial charge < -0.3 is 10.5 Å². The molecule has 2 N–H and O–H groups in total. The maximum Gasteiger partial charge on any atom is 0.337 e. The molecule has 14 heavy (non-hydrogen) atoms. The van der Waals surface area contributed by atoms with E-state index < -0.39 is 0 Å². The molecule has 0 atom stereocenters. The molecule has 3 heteroatoms. The van der Waals surface area contributed by atoms with Gasteiger partial charge in [-0.1, -0.05) is 12.1 Å². The standard InChI is InChI=1S/C11H14NO2/c1-14-11(13)10-6-4-9(5-7-10)3-2-8-12/h2,4-7H,3,8,12H2,1H3. The molecule has 75 valence electrons. The van der Waals surface area contributed by atoms with E-state index in [2.05, 4.69) is 4.74 Å². The number of rotatable bonds is 4. The van der Waals surface area contributed by atoms with Gasteiger partial charge in [0.25, 0.3) is 0 Å². The summed E-state index contributed by atoms with van der Waals surface area (Å²) < 4.78 is 4.59.